The van der Waals surface area contributed by atoms with E-state index in [0.29, 0.717) is 19.1 Å². The molecule has 0 atom stereocenters. The number of halogens is 1. The second-order valence-corrected chi connectivity index (χ2v) is 7.40. The lowest BCUT2D eigenvalue weighted by molar-refractivity contribution is 0.168. The van der Waals surface area contributed by atoms with Gasteiger partial charge in [-0.05, 0) is 30.4 Å². The van der Waals surface area contributed by atoms with Crippen molar-refractivity contribution in [3.05, 3.63) is 21.7 Å². The van der Waals surface area contributed by atoms with Crippen molar-refractivity contribution in [2.45, 2.75) is 57.4 Å². The number of hydrogen-bond donors (Lipinski definition) is 1. The monoisotopic (exact) mass is 353 g/mol. The average Bonchev–Trinajstić information content (AvgIpc) is 2.46. The summed E-state index contributed by atoms with van der Waals surface area (Å²) >= 11 is 3.75. The van der Waals surface area contributed by atoms with Crippen LogP contribution in [0.15, 0.2) is 10.5 Å². The summed E-state index contributed by atoms with van der Waals surface area (Å²) in [5.74, 6) is 2.11. The summed E-state index contributed by atoms with van der Waals surface area (Å²) in [6.07, 6.45) is 5.79. The van der Waals surface area contributed by atoms with Gasteiger partial charge in [0.25, 0.3) is 0 Å². The van der Waals surface area contributed by atoms with Crippen LogP contribution in [0.25, 0.3) is 0 Å². The molecule has 0 spiro atoms. The molecule has 0 aromatic heterocycles. The Balaban J connectivity index is 2.18. The maximum atomic E-state index is 6.83. The lowest BCUT2D eigenvalue weighted by Crippen LogP contribution is -2.40. The van der Waals surface area contributed by atoms with E-state index < -0.39 is 0 Å². The van der Waals surface area contributed by atoms with E-state index in [4.69, 9.17) is 15.2 Å². The quantitative estimate of drug-likeness (QED) is 0.853. The van der Waals surface area contributed by atoms with E-state index in [9.17, 15) is 0 Å². The van der Waals surface area contributed by atoms with Crippen molar-refractivity contribution < 1.29 is 9.47 Å². The highest BCUT2D eigenvalue weighted by molar-refractivity contribution is 9.10. The number of ether oxygens (including phenoxy) is 2. The zero-order valence-corrected chi connectivity index (χ0v) is 14.5. The van der Waals surface area contributed by atoms with Crippen LogP contribution in [-0.2, 0) is 5.54 Å². The highest BCUT2D eigenvalue weighted by Crippen LogP contribution is 2.49. The van der Waals surface area contributed by atoms with Crippen LogP contribution >= 0.6 is 15.9 Å². The average molecular weight is 354 g/mol. The van der Waals surface area contributed by atoms with E-state index in [-0.39, 0.29) is 5.54 Å². The van der Waals surface area contributed by atoms with Gasteiger partial charge in [0, 0.05) is 15.6 Å². The predicted octanol–water partition coefficient (Wildman–Crippen LogP) is 4.46. The van der Waals surface area contributed by atoms with Gasteiger partial charge in [-0.3, -0.25) is 0 Å². The summed E-state index contributed by atoms with van der Waals surface area (Å²) in [4.78, 5) is 0. The van der Waals surface area contributed by atoms with Crippen LogP contribution < -0.4 is 15.2 Å². The van der Waals surface area contributed by atoms with Gasteiger partial charge in [-0.25, -0.2) is 0 Å². The van der Waals surface area contributed by atoms with Crippen molar-refractivity contribution in [3.8, 4) is 11.5 Å². The number of fused-ring (bicyclic) bond motifs is 1. The maximum Gasteiger partial charge on any atom is 0.165 e. The predicted molar refractivity (Wildman–Crippen MR) is 88.2 cm³/mol. The molecule has 1 aliphatic carbocycles. The third-order valence-electron chi connectivity index (χ3n) is 4.64. The van der Waals surface area contributed by atoms with Crippen LogP contribution in [0.5, 0.6) is 11.5 Å². The molecule has 1 aliphatic heterocycles. The largest absolute Gasteiger partial charge is 0.486 e. The zero-order valence-electron chi connectivity index (χ0n) is 12.9. The first-order valence-corrected chi connectivity index (χ1v) is 8.73. The van der Waals surface area contributed by atoms with E-state index in [1.54, 1.807) is 0 Å². The molecular weight excluding hydrogens is 330 g/mol. The smallest absolute Gasteiger partial charge is 0.165 e. The molecule has 0 saturated heterocycles. The van der Waals surface area contributed by atoms with Gasteiger partial charge in [0.2, 0.25) is 0 Å². The Hall–Kier alpha value is -0.740. The molecule has 1 aromatic carbocycles. The minimum absolute atomic E-state index is 0.244. The van der Waals surface area contributed by atoms with Crippen molar-refractivity contribution in [1.82, 2.24) is 0 Å². The number of hydrogen-bond acceptors (Lipinski definition) is 3. The molecule has 116 valence electrons. The topological polar surface area (TPSA) is 44.5 Å². The molecular formula is C17H24BrNO2. The summed E-state index contributed by atoms with van der Waals surface area (Å²) in [6, 6.07) is 2.04. The second kappa shape index (κ2) is 5.81. The molecule has 1 aromatic rings. The highest BCUT2D eigenvalue weighted by Gasteiger charge is 2.37. The van der Waals surface area contributed by atoms with E-state index >= 15 is 0 Å². The molecule has 2 aliphatic rings. The molecule has 21 heavy (non-hydrogen) atoms. The fourth-order valence-corrected chi connectivity index (χ4v) is 4.49. The molecule has 1 fully saturated rings. The first-order valence-electron chi connectivity index (χ1n) is 7.94. The van der Waals surface area contributed by atoms with Crippen molar-refractivity contribution in [3.63, 3.8) is 0 Å². The van der Waals surface area contributed by atoms with Gasteiger partial charge in [0.1, 0.15) is 13.2 Å². The van der Waals surface area contributed by atoms with Crippen LogP contribution in [0, 0.1) is 0 Å². The van der Waals surface area contributed by atoms with E-state index in [0.717, 1.165) is 28.8 Å². The van der Waals surface area contributed by atoms with E-state index in [1.807, 2.05) is 6.07 Å². The molecule has 2 N–H and O–H groups in total. The Bertz CT molecular complexity index is 536. The Labute approximate surface area is 135 Å². The van der Waals surface area contributed by atoms with Crippen LogP contribution in [0.4, 0.5) is 0 Å². The summed E-state index contributed by atoms with van der Waals surface area (Å²) in [5.41, 5.74) is 9.05. The van der Waals surface area contributed by atoms with Crippen molar-refractivity contribution in [1.29, 1.82) is 0 Å². The van der Waals surface area contributed by atoms with Gasteiger partial charge in [-0.1, -0.05) is 49.0 Å². The van der Waals surface area contributed by atoms with E-state index in [2.05, 4.69) is 29.8 Å². The third-order valence-corrected chi connectivity index (χ3v) is 5.27. The zero-order chi connectivity index (χ0) is 15.0. The second-order valence-electron chi connectivity index (χ2n) is 6.54. The van der Waals surface area contributed by atoms with Gasteiger partial charge in [-0.2, -0.15) is 0 Å². The maximum absolute atomic E-state index is 6.83. The van der Waals surface area contributed by atoms with Gasteiger partial charge < -0.3 is 15.2 Å². The first kappa shape index (κ1) is 15.2. The van der Waals surface area contributed by atoms with Gasteiger partial charge >= 0.3 is 0 Å². The molecule has 1 heterocycles. The number of rotatable bonds is 2. The van der Waals surface area contributed by atoms with Crippen LogP contribution in [0.2, 0.25) is 0 Å². The van der Waals surface area contributed by atoms with Gasteiger partial charge in [-0.15, -0.1) is 0 Å². The molecule has 1 saturated carbocycles. The Morgan fingerprint density at radius 1 is 1.14 bits per heavy atom. The fraction of sp³-hybridized carbons (Fsp3) is 0.647. The van der Waals surface area contributed by atoms with Crippen molar-refractivity contribution in [2.75, 3.05) is 13.2 Å². The first-order chi connectivity index (χ1) is 10.0. The minimum Gasteiger partial charge on any atom is -0.486 e. The summed E-state index contributed by atoms with van der Waals surface area (Å²) < 4.78 is 12.8. The third kappa shape index (κ3) is 2.68. The summed E-state index contributed by atoms with van der Waals surface area (Å²) in [6.45, 7) is 5.64. The molecule has 0 bridgehead atoms. The lowest BCUT2D eigenvalue weighted by atomic mass is 9.74. The molecule has 4 heteroatoms. The Morgan fingerprint density at radius 2 is 1.81 bits per heavy atom. The normalized spacial score (nSPS) is 20.6. The minimum atomic E-state index is -0.244. The number of nitrogens with two attached hydrogens (primary N) is 1. The summed E-state index contributed by atoms with van der Waals surface area (Å²) in [7, 11) is 0. The number of benzene rings is 1. The van der Waals surface area contributed by atoms with Gasteiger partial charge in [0.05, 0.1) is 0 Å². The van der Waals surface area contributed by atoms with Crippen molar-refractivity contribution >= 4 is 15.9 Å². The van der Waals surface area contributed by atoms with Gasteiger partial charge in [0.15, 0.2) is 11.5 Å². The Kier molecular flexibility index (Phi) is 4.19. The summed E-state index contributed by atoms with van der Waals surface area (Å²) in [5, 5.41) is 0. The van der Waals surface area contributed by atoms with Crippen molar-refractivity contribution in [2.24, 2.45) is 5.73 Å². The van der Waals surface area contributed by atoms with E-state index in [1.165, 1.54) is 30.4 Å². The van der Waals surface area contributed by atoms with Crippen LogP contribution in [0.1, 0.15) is 63.0 Å². The SMILES string of the molecule is CC(C)c1c2c(cc(Br)c1C1(N)CCCCC1)OCCO2. The van der Waals surface area contributed by atoms with Crippen LogP contribution in [-0.4, -0.2) is 13.2 Å². The standard InChI is InChI=1S/C17H24BrNO2/c1-11(2)14-15(17(19)6-4-3-5-7-17)12(18)10-13-16(14)21-9-8-20-13/h10-11H,3-9,19H2,1-2H3. The highest BCUT2D eigenvalue weighted by atomic mass is 79.9. The lowest BCUT2D eigenvalue weighted by Gasteiger charge is -2.38. The Morgan fingerprint density at radius 3 is 2.48 bits per heavy atom. The molecule has 0 radical (unpaired) electrons. The molecule has 3 rings (SSSR count). The van der Waals surface area contributed by atoms with Crippen LogP contribution in [0.3, 0.4) is 0 Å². The molecule has 0 amide bonds. The molecule has 3 nitrogen and oxygen atoms in total. The molecule has 0 unspecified atom stereocenters. The fourth-order valence-electron chi connectivity index (χ4n) is 3.67.